The SMILES string of the molecule is CCN(Cc1c(C)nn(C)c1NC)C(C)C. The molecule has 0 unspecified atom stereocenters. The lowest BCUT2D eigenvalue weighted by Gasteiger charge is -2.25. The molecule has 0 fully saturated rings. The highest BCUT2D eigenvalue weighted by molar-refractivity contribution is 5.46. The molecule has 16 heavy (non-hydrogen) atoms. The lowest BCUT2D eigenvalue weighted by atomic mass is 10.2. The highest BCUT2D eigenvalue weighted by Crippen LogP contribution is 2.20. The van der Waals surface area contributed by atoms with Crippen LogP contribution in [-0.4, -0.2) is 34.3 Å². The van der Waals surface area contributed by atoms with Gasteiger partial charge in [-0.25, -0.2) is 0 Å². The third kappa shape index (κ3) is 2.55. The summed E-state index contributed by atoms with van der Waals surface area (Å²) in [6.07, 6.45) is 0. The summed E-state index contributed by atoms with van der Waals surface area (Å²) in [7, 11) is 3.93. The van der Waals surface area contributed by atoms with Crippen LogP contribution >= 0.6 is 0 Å². The molecular weight excluding hydrogens is 200 g/mol. The maximum Gasteiger partial charge on any atom is 0.128 e. The minimum atomic E-state index is 0.564. The van der Waals surface area contributed by atoms with Crippen LogP contribution in [0.25, 0.3) is 0 Å². The molecule has 1 aromatic rings. The quantitative estimate of drug-likeness (QED) is 0.830. The van der Waals surface area contributed by atoms with Crippen molar-refractivity contribution in [2.75, 3.05) is 18.9 Å². The van der Waals surface area contributed by atoms with E-state index >= 15 is 0 Å². The summed E-state index contributed by atoms with van der Waals surface area (Å²) in [5.41, 5.74) is 2.42. The van der Waals surface area contributed by atoms with Gasteiger partial charge < -0.3 is 5.32 Å². The van der Waals surface area contributed by atoms with Gasteiger partial charge in [0, 0.05) is 32.2 Å². The molecule has 4 heteroatoms. The number of nitrogens with zero attached hydrogens (tertiary/aromatic N) is 3. The average Bonchev–Trinajstić information content (AvgIpc) is 2.48. The standard InChI is InChI=1S/C12H24N4/c1-7-16(9(2)3)8-11-10(4)14-15(6)12(11)13-5/h9,13H,7-8H2,1-6H3. The van der Waals surface area contributed by atoms with Crippen molar-refractivity contribution in [2.24, 2.45) is 7.05 Å². The molecular formula is C12H24N4. The van der Waals surface area contributed by atoms with Crippen molar-refractivity contribution in [1.29, 1.82) is 0 Å². The molecule has 0 bridgehead atoms. The highest BCUT2D eigenvalue weighted by atomic mass is 15.3. The van der Waals surface area contributed by atoms with Crippen LogP contribution in [0, 0.1) is 6.92 Å². The van der Waals surface area contributed by atoms with Gasteiger partial charge in [-0.3, -0.25) is 9.58 Å². The van der Waals surface area contributed by atoms with Crippen molar-refractivity contribution in [2.45, 2.75) is 40.3 Å². The van der Waals surface area contributed by atoms with Gasteiger partial charge in [0.05, 0.1) is 5.69 Å². The van der Waals surface area contributed by atoms with Crippen LogP contribution in [0.1, 0.15) is 32.0 Å². The average molecular weight is 224 g/mol. The summed E-state index contributed by atoms with van der Waals surface area (Å²) in [5, 5.41) is 7.68. The fraction of sp³-hybridized carbons (Fsp3) is 0.750. The molecule has 0 saturated carbocycles. The Bertz CT molecular complexity index is 341. The van der Waals surface area contributed by atoms with Crippen molar-refractivity contribution in [3.8, 4) is 0 Å². The summed E-state index contributed by atoms with van der Waals surface area (Å²) in [6.45, 7) is 10.8. The summed E-state index contributed by atoms with van der Waals surface area (Å²) in [4.78, 5) is 2.44. The van der Waals surface area contributed by atoms with Gasteiger partial charge in [-0.15, -0.1) is 0 Å². The number of hydrogen-bond acceptors (Lipinski definition) is 3. The van der Waals surface area contributed by atoms with Gasteiger partial charge in [-0.2, -0.15) is 5.10 Å². The molecule has 0 aliphatic heterocycles. The van der Waals surface area contributed by atoms with E-state index in [1.807, 2.05) is 18.8 Å². The van der Waals surface area contributed by atoms with Crippen LogP contribution in [0.5, 0.6) is 0 Å². The van der Waals surface area contributed by atoms with Gasteiger partial charge in [0.15, 0.2) is 0 Å². The van der Waals surface area contributed by atoms with E-state index in [4.69, 9.17) is 0 Å². The Morgan fingerprint density at radius 1 is 1.44 bits per heavy atom. The van der Waals surface area contributed by atoms with Crippen molar-refractivity contribution < 1.29 is 0 Å². The summed E-state index contributed by atoms with van der Waals surface area (Å²) < 4.78 is 1.92. The highest BCUT2D eigenvalue weighted by Gasteiger charge is 2.16. The third-order valence-corrected chi connectivity index (χ3v) is 3.08. The van der Waals surface area contributed by atoms with Gasteiger partial charge in [0.25, 0.3) is 0 Å². The van der Waals surface area contributed by atoms with Crippen LogP contribution in [0.3, 0.4) is 0 Å². The Hall–Kier alpha value is -1.03. The van der Waals surface area contributed by atoms with Gasteiger partial charge in [-0.1, -0.05) is 6.92 Å². The second kappa shape index (κ2) is 5.34. The van der Waals surface area contributed by atoms with E-state index in [-0.39, 0.29) is 0 Å². The predicted octanol–water partition coefficient (Wildman–Crippen LogP) is 2.00. The van der Waals surface area contributed by atoms with Crippen molar-refractivity contribution >= 4 is 5.82 Å². The van der Waals surface area contributed by atoms with Crippen molar-refractivity contribution in [3.63, 3.8) is 0 Å². The van der Waals surface area contributed by atoms with Gasteiger partial charge >= 0.3 is 0 Å². The molecule has 1 N–H and O–H groups in total. The van der Waals surface area contributed by atoms with Gasteiger partial charge in [0.1, 0.15) is 5.82 Å². The molecule has 1 rings (SSSR count). The molecule has 0 spiro atoms. The molecule has 0 aliphatic rings. The summed E-state index contributed by atoms with van der Waals surface area (Å²) >= 11 is 0. The minimum Gasteiger partial charge on any atom is -0.373 e. The molecule has 1 heterocycles. The first kappa shape index (κ1) is 13.0. The zero-order valence-corrected chi connectivity index (χ0v) is 11.3. The molecule has 1 aromatic heterocycles. The lowest BCUT2D eigenvalue weighted by molar-refractivity contribution is 0.225. The Balaban J connectivity index is 2.95. The topological polar surface area (TPSA) is 33.1 Å². The van der Waals surface area contributed by atoms with Crippen LogP contribution in [-0.2, 0) is 13.6 Å². The lowest BCUT2D eigenvalue weighted by Crippen LogP contribution is -2.30. The molecule has 0 aromatic carbocycles. The number of rotatable bonds is 5. The Morgan fingerprint density at radius 2 is 2.06 bits per heavy atom. The van der Waals surface area contributed by atoms with Gasteiger partial charge in [-0.05, 0) is 27.3 Å². The number of hydrogen-bond donors (Lipinski definition) is 1. The van der Waals surface area contributed by atoms with Gasteiger partial charge in [0.2, 0.25) is 0 Å². The number of aryl methyl sites for hydroxylation is 2. The Kier molecular flexibility index (Phi) is 4.35. The first-order valence-corrected chi connectivity index (χ1v) is 5.95. The molecule has 0 aliphatic carbocycles. The van der Waals surface area contributed by atoms with Crippen molar-refractivity contribution in [3.05, 3.63) is 11.3 Å². The maximum atomic E-state index is 4.46. The summed E-state index contributed by atoms with van der Waals surface area (Å²) in [5.74, 6) is 1.12. The molecule has 4 nitrogen and oxygen atoms in total. The van der Waals surface area contributed by atoms with Crippen LogP contribution in [0.15, 0.2) is 0 Å². The smallest absolute Gasteiger partial charge is 0.128 e. The van der Waals surface area contributed by atoms with E-state index in [0.29, 0.717) is 6.04 Å². The van der Waals surface area contributed by atoms with Crippen LogP contribution < -0.4 is 5.32 Å². The van der Waals surface area contributed by atoms with E-state index < -0.39 is 0 Å². The molecule has 0 atom stereocenters. The van der Waals surface area contributed by atoms with E-state index in [2.05, 4.69) is 43.0 Å². The second-order valence-corrected chi connectivity index (χ2v) is 4.44. The largest absolute Gasteiger partial charge is 0.373 e. The third-order valence-electron chi connectivity index (χ3n) is 3.08. The summed E-state index contributed by atoms with van der Waals surface area (Å²) in [6, 6.07) is 0.564. The monoisotopic (exact) mass is 224 g/mol. The second-order valence-electron chi connectivity index (χ2n) is 4.44. The fourth-order valence-electron chi connectivity index (χ4n) is 2.07. The maximum absolute atomic E-state index is 4.46. The number of aromatic nitrogens is 2. The minimum absolute atomic E-state index is 0.564. The van der Waals surface area contributed by atoms with E-state index in [0.717, 1.165) is 24.6 Å². The molecule has 0 amide bonds. The van der Waals surface area contributed by atoms with Crippen LogP contribution in [0.4, 0.5) is 5.82 Å². The first-order chi connectivity index (χ1) is 7.51. The van der Waals surface area contributed by atoms with Crippen molar-refractivity contribution in [1.82, 2.24) is 14.7 Å². The first-order valence-electron chi connectivity index (χ1n) is 5.95. The van der Waals surface area contributed by atoms with E-state index in [1.165, 1.54) is 5.56 Å². The number of nitrogens with one attached hydrogen (secondary N) is 1. The van der Waals surface area contributed by atoms with E-state index in [1.54, 1.807) is 0 Å². The molecule has 0 radical (unpaired) electrons. The Morgan fingerprint density at radius 3 is 2.50 bits per heavy atom. The zero-order valence-electron chi connectivity index (χ0n) is 11.3. The van der Waals surface area contributed by atoms with Crippen LogP contribution in [0.2, 0.25) is 0 Å². The molecule has 0 saturated heterocycles. The number of anilines is 1. The normalized spacial score (nSPS) is 11.5. The Labute approximate surface area is 98.6 Å². The predicted molar refractivity (Wildman–Crippen MR) is 68.7 cm³/mol. The molecule has 92 valence electrons. The zero-order chi connectivity index (χ0) is 12.3. The van der Waals surface area contributed by atoms with E-state index in [9.17, 15) is 0 Å². The fourth-order valence-corrected chi connectivity index (χ4v) is 2.07.